The fraction of sp³-hybridized carbons (Fsp3) is 0.300. The highest BCUT2D eigenvalue weighted by Gasteiger charge is 2.23. The van der Waals surface area contributed by atoms with E-state index >= 15 is 0 Å². The van der Waals surface area contributed by atoms with Crippen LogP contribution in [0.1, 0.15) is 28.8 Å². The van der Waals surface area contributed by atoms with E-state index in [9.17, 15) is 9.59 Å². The molecule has 25 heavy (non-hydrogen) atoms. The van der Waals surface area contributed by atoms with Gasteiger partial charge in [0.25, 0.3) is 11.8 Å². The van der Waals surface area contributed by atoms with Crippen molar-refractivity contribution in [3.05, 3.63) is 65.7 Å². The van der Waals surface area contributed by atoms with Gasteiger partial charge in [-0.3, -0.25) is 9.59 Å². The van der Waals surface area contributed by atoms with E-state index in [-0.39, 0.29) is 17.9 Å². The summed E-state index contributed by atoms with van der Waals surface area (Å²) < 4.78 is 5.37. The second-order valence-corrected chi connectivity index (χ2v) is 6.06. The molecular weight excluding hydrogens is 316 g/mol. The van der Waals surface area contributed by atoms with Crippen molar-refractivity contribution in [1.82, 2.24) is 5.32 Å². The van der Waals surface area contributed by atoms with Crippen LogP contribution in [0.25, 0.3) is 0 Å². The van der Waals surface area contributed by atoms with E-state index in [1.54, 1.807) is 24.3 Å². The molecule has 2 N–H and O–H groups in total. The Morgan fingerprint density at radius 3 is 2.68 bits per heavy atom. The van der Waals surface area contributed by atoms with Gasteiger partial charge >= 0.3 is 0 Å². The quantitative estimate of drug-likeness (QED) is 0.851. The zero-order chi connectivity index (χ0) is 17.5. The topological polar surface area (TPSA) is 67.4 Å². The molecule has 1 fully saturated rings. The van der Waals surface area contributed by atoms with Crippen molar-refractivity contribution in [2.24, 2.45) is 0 Å². The van der Waals surface area contributed by atoms with Gasteiger partial charge in [0.05, 0.1) is 0 Å². The Morgan fingerprint density at radius 2 is 1.92 bits per heavy atom. The molecule has 2 aromatic rings. The first-order valence-electron chi connectivity index (χ1n) is 8.57. The van der Waals surface area contributed by atoms with Gasteiger partial charge in [-0.05, 0) is 43.0 Å². The van der Waals surface area contributed by atoms with Crippen LogP contribution in [-0.2, 0) is 16.0 Å². The van der Waals surface area contributed by atoms with Crippen LogP contribution in [0.3, 0.4) is 0 Å². The molecule has 0 saturated carbocycles. The van der Waals surface area contributed by atoms with Crippen LogP contribution < -0.4 is 10.6 Å². The highest BCUT2D eigenvalue weighted by atomic mass is 16.5. The van der Waals surface area contributed by atoms with Crippen molar-refractivity contribution in [2.45, 2.75) is 25.4 Å². The second kappa shape index (κ2) is 8.44. The summed E-state index contributed by atoms with van der Waals surface area (Å²) in [4.78, 5) is 24.4. The van der Waals surface area contributed by atoms with Crippen LogP contribution >= 0.6 is 0 Å². The molecule has 1 atom stereocenters. The first-order chi connectivity index (χ1) is 12.2. The van der Waals surface area contributed by atoms with E-state index in [1.807, 2.05) is 30.3 Å². The fourth-order valence-corrected chi connectivity index (χ4v) is 2.81. The van der Waals surface area contributed by atoms with Gasteiger partial charge < -0.3 is 15.4 Å². The molecule has 1 aliphatic rings. The fourth-order valence-electron chi connectivity index (χ4n) is 2.81. The Balaban J connectivity index is 1.53. The number of amides is 2. The molecule has 5 nitrogen and oxygen atoms in total. The van der Waals surface area contributed by atoms with E-state index in [4.69, 9.17) is 4.74 Å². The Hall–Kier alpha value is -2.66. The zero-order valence-corrected chi connectivity index (χ0v) is 14.0. The minimum absolute atomic E-state index is 0.149. The molecule has 0 bridgehead atoms. The molecule has 0 aromatic heterocycles. The van der Waals surface area contributed by atoms with Crippen LogP contribution in [0, 0.1) is 0 Å². The Kier molecular flexibility index (Phi) is 5.80. The minimum atomic E-state index is -0.386. The second-order valence-electron chi connectivity index (χ2n) is 6.06. The van der Waals surface area contributed by atoms with E-state index in [1.165, 1.54) is 5.56 Å². The maximum Gasteiger partial charge on any atom is 0.253 e. The highest BCUT2D eigenvalue weighted by molar-refractivity contribution is 5.98. The minimum Gasteiger partial charge on any atom is -0.368 e. The molecule has 1 aliphatic heterocycles. The van der Waals surface area contributed by atoms with Crippen molar-refractivity contribution in [3.8, 4) is 0 Å². The largest absolute Gasteiger partial charge is 0.368 e. The van der Waals surface area contributed by atoms with Crippen molar-refractivity contribution in [3.63, 3.8) is 0 Å². The smallest absolute Gasteiger partial charge is 0.253 e. The molecule has 0 spiro atoms. The molecule has 1 saturated heterocycles. The van der Waals surface area contributed by atoms with Gasteiger partial charge in [-0.15, -0.1) is 0 Å². The van der Waals surface area contributed by atoms with Crippen LogP contribution in [-0.4, -0.2) is 31.1 Å². The van der Waals surface area contributed by atoms with Gasteiger partial charge in [-0.1, -0.05) is 36.4 Å². The van der Waals surface area contributed by atoms with Gasteiger partial charge in [0.15, 0.2) is 0 Å². The van der Waals surface area contributed by atoms with Gasteiger partial charge in [0.1, 0.15) is 6.10 Å². The van der Waals surface area contributed by atoms with Crippen LogP contribution in [0.2, 0.25) is 0 Å². The lowest BCUT2D eigenvalue weighted by Crippen LogP contribution is -2.28. The molecule has 1 unspecified atom stereocenters. The molecule has 1 heterocycles. The van der Waals surface area contributed by atoms with Crippen LogP contribution in [0.5, 0.6) is 0 Å². The molecule has 0 radical (unpaired) electrons. The summed E-state index contributed by atoms with van der Waals surface area (Å²) in [6.45, 7) is 1.19. The number of anilines is 1. The predicted molar refractivity (Wildman–Crippen MR) is 96.5 cm³/mol. The number of hydrogen-bond donors (Lipinski definition) is 2. The Morgan fingerprint density at radius 1 is 1.08 bits per heavy atom. The molecule has 3 rings (SSSR count). The number of ether oxygens (including phenoxy) is 1. The average Bonchev–Trinajstić information content (AvgIpc) is 3.18. The maximum atomic E-state index is 12.3. The molecular formula is C20H22N2O3. The number of carbonyl (C=O) groups excluding carboxylic acids is 2. The number of hydrogen-bond acceptors (Lipinski definition) is 3. The summed E-state index contributed by atoms with van der Waals surface area (Å²) in [6.07, 6.45) is 2.04. The first kappa shape index (κ1) is 17.2. The summed E-state index contributed by atoms with van der Waals surface area (Å²) >= 11 is 0. The van der Waals surface area contributed by atoms with E-state index in [0.29, 0.717) is 24.4 Å². The van der Waals surface area contributed by atoms with Crippen molar-refractivity contribution < 1.29 is 14.3 Å². The normalized spacial score (nSPS) is 16.4. The average molecular weight is 338 g/mol. The number of carbonyl (C=O) groups is 2. The standard InChI is InChI=1S/C20H22N2O3/c23-19(21-12-11-15-6-2-1-3-7-15)16-8-4-9-17(14-16)22-20(24)18-10-5-13-25-18/h1-4,6-9,14,18H,5,10-13H2,(H,21,23)(H,22,24). The summed E-state index contributed by atoms with van der Waals surface area (Å²) in [7, 11) is 0. The lowest BCUT2D eigenvalue weighted by molar-refractivity contribution is -0.124. The summed E-state index contributed by atoms with van der Waals surface area (Å²) in [5.74, 6) is -0.303. The lowest BCUT2D eigenvalue weighted by Gasteiger charge is -2.11. The Bertz CT molecular complexity index is 725. The predicted octanol–water partition coefficient (Wildman–Crippen LogP) is 2.78. The number of nitrogens with one attached hydrogen (secondary N) is 2. The van der Waals surface area contributed by atoms with E-state index in [0.717, 1.165) is 19.3 Å². The van der Waals surface area contributed by atoms with Crippen molar-refractivity contribution >= 4 is 17.5 Å². The summed E-state index contributed by atoms with van der Waals surface area (Å²) in [5, 5.41) is 5.72. The van der Waals surface area contributed by atoms with Crippen molar-refractivity contribution in [1.29, 1.82) is 0 Å². The third-order valence-corrected chi connectivity index (χ3v) is 4.16. The first-order valence-corrected chi connectivity index (χ1v) is 8.57. The molecule has 0 aliphatic carbocycles. The lowest BCUT2D eigenvalue weighted by atomic mass is 10.1. The van der Waals surface area contributed by atoms with E-state index < -0.39 is 0 Å². The monoisotopic (exact) mass is 338 g/mol. The third kappa shape index (κ3) is 4.90. The molecule has 5 heteroatoms. The maximum absolute atomic E-state index is 12.3. The Labute approximate surface area is 147 Å². The third-order valence-electron chi connectivity index (χ3n) is 4.16. The zero-order valence-electron chi connectivity index (χ0n) is 14.0. The van der Waals surface area contributed by atoms with Gasteiger partial charge in [-0.2, -0.15) is 0 Å². The SMILES string of the molecule is O=C(NCCc1ccccc1)c1cccc(NC(=O)C2CCCO2)c1. The molecule has 2 aromatic carbocycles. The van der Waals surface area contributed by atoms with Gasteiger partial charge in [0.2, 0.25) is 0 Å². The van der Waals surface area contributed by atoms with E-state index in [2.05, 4.69) is 10.6 Å². The van der Waals surface area contributed by atoms with Crippen molar-refractivity contribution in [2.75, 3.05) is 18.5 Å². The highest BCUT2D eigenvalue weighted by Crippen LogP contribution is 2.16. The van der Waals surface area contributed by atoms with Gasteiger partial charge in [0, 0.05) is 24.4 Å². The number of rotatable bonds is 6. The van der Waals surface area contributed by atoms with Crippen LogP contribution in [0.4, 0.5) is 5.69 Å². The molecule has 130 valence electrons. The van der Waals surface area contributed by atoms with Gasteiger partial charge in [-0.25, -0.2) is 0 Å². The summed E-state index contributed by atoms with van der Waals surface area (Å²) in [5.41, 5.74) is 2.31. The van der Waals surface area contributed by atoms with Crippen LogP contribution in [0.15, 0.2) is 54.6 Å². The molecule has 2 amide bonds. The number of benzene rings is 2. The summed E-state index contributed by atoms with van der Waals surface area (Å²) in [6, 6.07) is 17.0.